The van der Waals surface area contributed by atoms with Crippen LogP contribution in [-0.4, -0.2) is 15.0 Å². The fourth-order valence-electron chi connectivity index (χ4n) is 5.04. The maximum absolute atomic E-state index is 5.05. The Hall–Kier alpha value is -5.15. The van der Waals surface area contributed by atoms with Crippen molar-refractivity contribution >= 4 is 21.5 Å². The minimum absolute atomic E-state index is 0.659. The Labute approximate surface area is 221 Å². The summed E-state index contributed by atoms with van der Waals surface area (Å²) >= 11 is 0. The number of rotatable bonds is 4. The van der Waals surface area contributed by atoms with Gasteiger partial charge in [0, 0.05) is 16.7 Å². The molecule has 0 unspecified atom stereocenters. The van der Waals surface area contributed by atoms with Gasteiger partial charge in [-0.1, -0.05) is 127 Å². The summed E-state index contributed by atoms with van der Waals surface area (Å²) in [6.45, 7) is 0. The average molecular weight is 486 g/mol. The summed E-state index contributed by atoms with van der Waals surface area (Å²) in [6, 6.07) is 48.1. The van der Waals surface area contributed by atoms with Crippen molar-refractivity contribution in [1.29, 1.82) is 0 Å². The Balaban J connectivity index is 1.55. The fourth-order valence-corrected chi connectivity index (χ4v) is 5.04. The van der Waals surface area contributed by atoms with E-state index in [0.717, 1.165) is 33.2 Å². The summed E-state index contributed by atoms with van der Waals surface area (Å²) < 4.78 is 0. The molecule has 178 valence electrons. The van der Waals surface area contributed by atoms with Gasteiger partial charge in [0.25, 0.3) is 0 Å². The molecule has 0 N–H and O–H groups in total. The first kappa shape index (κ1) is 22.1. The second-order valence-electron chi connectivity index (χ2n) is 9.31. The third-order valence-electron chi connectivity index (χ3n) is 6.91. The van der Waals surface area contributed by atoms with Crippen LogP contribution in [0.15, 0.2) is 140 Å². The molecule has 0 aliphatic rings. The summed E-state index contributed by atoms with van der Waals surface area (Å²) in [7, 11) is 0. The Morgan fingerprint density at radius 3 is 1.42 bits per heavy atom. The second kappa shape index (κ2) is 9.38. The molecule has 7 aromatic rings. The topological polar surface area (TPSA) is 38.7 Å². The molecule has 38 heavy (non-hydrogen) atoms. The lowest BCUT2D eigenvalue weighted by atomic mass is 9.91. The van der Waals surface area contributed by atoms with Crippen LogP contribution in [0.1, 0.15) is 0 Å². The molecular weight excluding hydrogens is 462 g/mol. The molecule has 7 rings (SSSR count). The van der Waals surface area contributed by atoms with E-state index >= 15 is 0 Å². The molecule has 0 radical (unpaired) electrons. The average Bonchev–Trinajstić information content (AvgIpc) is 3.01. The van der Waals surface area contributed by atoms with Crippen molar-refractivity contribution in [2.75, 3.05) is 0 Å². The largest absolute Gasteiger partial charge is 0.208 e. The lowest BCUT2D eigenvalue weighted by molar-refractivity contribution is 1.07. The molecule has 6 aromatic carbocycles. The van der Waals surface area contributed by atoms with Gasteiger partial charge in [-0.15, -0.1) is 0 Å². The van der Waals surface area contributed by atoms with E-state index in [-0.39, 0.29) is 0 Å². The van der Waals surface area contributed by atoms with Crippen LogP contribution in [0.4, 0.5) is 0 Å². The molecule has 0 bridgehead atoms. The highest BCUT2D eigenvalue weighted by molar-refractivity contribution is 6.03. The molecule has 0 atom stereocenters. The first-order chi connectivity index (χ1) is 18.8. The molecule has 1 heterocycles. The number of nitrogens with zero attached hydrogens (tertiary/aromatic N) is 3. The second-order valence-corrected chi connectivity index (χ2v) is 9.31. The fraction of sp³-hybridized carbons (Fsp3) is 0. The van der Waals surface area contributed by atoms with E-state index in [9.17, 15) is 0 Å². The number of fused-ring (bicyclic) bond motifs is 2. The zero-order valence-corrected chi connectivity index (χ0v) is 20.6. The van der Waals surface area contributed by atoms with Gasteiger partial charge in [0.1, 0.15) is 0 Å². The van der Waals surface area contributed by atoms with Gasteiger partial charge in [-0.05, 0) is 44.8 Å². The van der Waals surface area contributed by atoms with E-state index in [1.807, 2.05) is 60.7 Å². The molecule has 0 saturated carbocycles. The van der Waals surface area contributed by atoms with Crippen LogP contribution in [0, 0.1) is 0 Å². The predicted molar refractivity (Wildman–Crippen MR) is 157 cm³/mol. The van der Waals surface area contributed by atoms with Crippen molar-refractivity contribution in [3.8, 4) is 45.3 Å². The molecule has 3 heteroatoms. The zero-order chi connectivity index (χ0) is 25.3. The smallest absolute Gasteiger partial charge is 0.164 e. The highest BCUT2D eigenvalue weighted by atomic mass is 15.0. The van der Waals surface area contributed by atoms with E-state index in [0.29, 0.717) is 17.5 Å². The van der Waals surface area contributed by atoms with Gasteiger partial charge in [0.05, 0.1) is 0 Å². The molecule has 0 aliphatic heterocycles. The number of hydrogen-bond acceptors (Lipinski definition) is 3. The van der Waals surface area contributed by atoms with Crippen LogP contribution in [0.2, 0.25) is 0 Å². The van der Waals surface area contributed by atoms with Crippen LogP contribution in [0.3, 0.4) is 0 Å². The maximum Gasteiger partial charge on any atom is 0.164 e. The quantitative estimate of drug-likeness (QED) is 0.250. The first-order valence-corrected chi connectivity index (χ1v) is 12.7. The van der Waals surface area contributed by atoms with E-state index in [2.05, 4.69) is 78.9 Å². The molecule has 3 nitrogen and oxygen atoms in total. The summed E-state index contributed by atoms with van der Waals surface area (Å²) in [4.78, 5) is 15.0. The van der Waals surface area contributed by atoms with Gasteiger partial charge in [-0.3, -0.25) is 0 Å². The van der Waals surface area contributed by atoms with Gasteiger partial charge in [-0.25, -0.2) is 15.0 Å². The third kappa shape index (κ3) is 4.00. The van der Waals surface area contributed by atoms with E-state index < -0.39 is 0 Å². The number of aromatic nitrogens is 3. The van der Waals surface area contributed by atoms with Gasteiger partial charge >= 0.3 is 0 Å². The zero-order valence-electron chi connectivity index (χ0n) is 20.6. The Kier molecular flexibility index (Phi) is 5.45. The molecule has 1 aromatic heterocycles. The molecule has 0 spiro atoms. The van der Waals surface area contributed by atoms with Crippen molar-refractivity contribution in [2.24, 2.45) is 0 Å². The Morgan fingerprint density at radius 1 is 0.316 bits per heavy atom. The normalized spacial score (nSPS) is 11.2. The van der Waals surface area contributed by atoms with E-state index in [1.165, 1.54) is 16.2 Å². The molecule has 0 aliphatic carbocycles. The maximum atomic E-state index is 5.05. The summed E-state index contributed by atoms with van der Waals surface area (Å²) in [5.41, 5.74) is 5.16. The van der Waals surface area contributed by atoms with Gasteiger partial charge < -0.3 is 0 Å². The number of benzene rings is 6. The van der Waals surface area contributed by atoms with Gasteiger partial charge in [0.2, 0.25) is 0 Å². The lowest BCUT2D eigenvalue weighted by Gasteiger charge is -2.15. The highest BCUT2D eigenvalue weighted by Crippen LogP contribution is 2.38. The van der Waals surface area contributed by atoms with E-state index in [4.69, 9.17) is 15.0 Å². The monoisotopic (exact) mass is 485 g/mol. The molecule has 0 amide bonds. The summed E-state index contributed by atoms with van der Waals surface area (Å²) in [5.74, 6) is 1.98. The van der Waals surface area contributed by atoms with Crippen molar-refractivity contribution < 1.29 is 0 Å². The van der Waals surface area contributed by atoms with Crippen molar-refractivity contribution in [3.63, 3.8) is 0 Å². The van der Waals surface area contributed by atoms with E-state index in [1.54, 1.807) is 0 Å². The minimum atomic E-state index is 0.659. The van der Waals surface area contributed by atoms with Crippen molar-refractivity contribution in [3.05, 3.63) is 140 Å². The number of hydrogen-bond donors (Lipinski definition) is 0. The SMILES string of the molecule is c1ccc(-c2nc(-c3ccccc3)nc(-c3cc4ccccc4cc3-c3cccc4ccccc34)n2)cc1. The van der Waals surface area contributed by atoms with Crippen LogP contribution in [0.5, 0.6) is 0 Å². The Bertz CT molecular complexity index is 1850. The molecule has 0 fully saturated rings. The van der Waals surface area contributed by atoms with Crippen molar-refractivity contribution in [2.45, 2.75) is 0 Å². The lowest BCUT2D eigenvalue weighted by Crippen LogP contribution is -2.01. The predicted octanol–water partition coefficient (Wildman–Crippen LogP) is 8.85. The summed E-state index contributed by atoms with van der Waals surface area (Å²) in [6.07, 6.45) is 0. The van der Waals surface area contributed by atoms with Crippen LogP contribution < -0.4 is 0 Å². The third-order valence-corrected chi connectivity index (χ3v) is 6.91. The standard InChI is InChI=1S/C35H23N3/c1-3-13-25(14-4-1)33-36-34(26-15-5-2-6-16-26)38-35(37-33)32-23-28-18-8-7-17-27(28)22-31(32)30-21-11-19-24-12-9-10-20-29(24)30/h1-23H. The van der Waals surface area contributed by atoms with Gasteiger partial charge in [-0.2, -0.15) is 0 Å². The Morgan fingerprint density at radius 2 is 0.789 bits per heavy atom. The molecule has 0 saturated heterocycles. The first-order valence-electron chi connectivity index (χ1n) is 12.7. The highest BCUT2D eigenvalue weighted by Gasteiger charge is 2.17. The summed E-state index contributed by atoms with van der Waals surface area (Å²) in [5, 5.41) is 4.73. The minimum Gasteiger partial charge on any atom is -0.208 e. The van der Waals surface area contributed by atoms with Gasteiger partial charge in [0.15, 0.2) is 17.5 Å². The van der Waals surface area contributed by atoms with Crippen LogP contribution >= 0.6 is 0 Å². The van der Waals surface area contributed by atoms with Crippen LogP contribution in [-0.2, 0) is 0 Å². The van der Waals surface area contributed by atoms with Crippen molar-refractivity contribution in [1.82, 2.24) is 15.0 Å². The molecular formula is C35H23N3. The van der Waals surface area contributed by atoms with Crippen LogP contribution in [0.25, 0.3) is 66.8 Å².